The number of carbonyl (C=O) groups is 1. The molecule has 0 aliphatic heterocycles. The van der Waals surface area contributed by atoms with Gasteiger partial charge < -0.3 is 4.90 Å². The van der Waals surface area contributed by atoms with Crippen LogP contribution >= 0.6 is 0 Å². The Morgan fingerprint density at radius 2 is 2.17 bits per heavy atom. The number of benzene rings is 1. The van der Waals surface area contributed by atoms with Gasteiger partial charge in [0, 0.05) is 31.3 Å². The monoisotopic (exact) mass is 247 g/mol. The van der Waals surface area contributed by atoms with Gasteiger partial charge in [-0.05, 0) is 18.6 Å². The fraction of sp³-hybridized carbons (Fsp3) is 0.333. The molecule has 0 aliphatic rings. The first-order valence-corrected chi connectivity index (χ1v) is 5.34. The Morgan fingerprint density at radius 3 is 2.72 bits per heavy atom. The summed E-state index contributed by atoms with van der Waals surface area (Å²) in [5.74, 6) is -0.322. The molecule has 0 spiro atoms. The van der Waals surface area contributed by atoms with Gasteiger partial charge in [0.15, 0.2) is 0 Å². The first-order chi connectivity index (χ1) is 8.45. The van der Waals surface area contributed by atoms with E-state index in [1.54, 1.807) is 20.0 Å². The van der Waals surface area contributed by atoms with Crippen LogP contribution in [-0.4, -0.2) is 29.3 Å². The first kappa shape index (κ1) is 13.6. The quantitative estimate of drug-likeness (QED) is 0.600. The van der Waals surface area contributed by atoms with Crippen molar-refractivity contribution in [3.63, 3.8) is 0 Å². The van der Waals surface area contributed by atoms with Crippen molar-refractivity contribution in [2.75, 3.05) is 13.6 Å². The number of hydrogen-bond donors (Lipinski definition) is 0. The highest BCUT2D eigenvalue weighted by Gasteiger charge is 2.16. The topological polar surface area (TPSA) is 87.2 Å². The highest BCUT2D eigenvalue weighted by Crippen LogP contribution is 2.17. The van der Waals surface area contributed by atoms with Gasteiger partial charge >= 0.3 is 0 Å². The predicted octanol–water partition coefficient (Wildman–Crippen LogP) is 1.89. The second kappa shape index (κ2) is 5.77. The fourth-order valence-corrected chi connectivity index (χ4v) is 1.53. The first-order valence-electron chi connectivity index (χ1n) is 5.34. The average Bonchev–Trinajstić information content (AvgIpc) is 2.34. The molecule has 6 nitrogen and oxygen atoms in total. The standard InChI is InChI=1S/C12H13N3O3/c1-9-6-10(8-11(7-9)15(17)18)12(16)14(2)5-3-4-13/h6-8H,3,5H2,1-2H3. The van der Waals surface area contributed by atoms with E-state index in [0.717, 1.165) is 0 Å². The number of amides is 1. The minimum absolute atomic E-state index is 0.105. The molecule has 1 rings (SSSR count). The van der Waals surface area contributed by atoms with E-state index in [1.807, 2.05) is 6.07 Å². The van der Waals surface area contributed by atoms with Gasteiger partial charge in [0.1, 0.15) is 0 Å². The van der Waals surface area contributed by atoms with Gasteiger partial charge in [-0.15, -0.1) is 0 Å². The van der Waals surface area contributed by atoms with E-state index in [9.17, 15) is 14.9 Å². The largest absolute Gasteiger partial charge is 0.341 e. The molecule has 0 fully saturated rings. The Hall–Kier alpha value is -2.42. The molecule has 0 radical (unpaired) electrons. The number of nitriles is 1. The molecular weight excluding hydrogens is 234 g/mol. The van der Waals surface area contributed by atoms with Crippen molar-refractivity contribution in [2.45, 2.75) is 13.3 Å². The van der Waals surface area contributed by atoms with E-state index in [1.165, 1.54) is 17.0 Å². The van der Waals surface area contributed by atoms with Crippen molar-refractivity contribution in [1.29, 1.82) is 5.26 Å². The lowest BCUT2D eigenvalue weighted by Gasteiger charge is -2.15. The lowest BCUT2D eigenvalue weighted by atomic mass is 10.1. The molecule has 0 aromatic heterocycles. The smallest absolute Gasteiger partial charge is 0.270 e. The molecule has 0 unspecified atom stereocenters. The van der Waals surface area contributed by atoms with Gasteiger partial charge in [0.05, 0.1) is 17.4 Å². The van der Waals surface area contributed by atoms with Crippen LogP contribution in [0.25, 0.3) is 0 Å². The summed E-state index contributed by atoms with van der Waals surface area (Å²) in [6.07, 6.45) is 0.232. The molecule has 0 atom stereocenters. The number of rotatable bonds is 4. The number of nitrogens with zero attached hydrogens (tertiary/aromatic N) is 3. The third kappa shape index (κ3) is 3.28. The molecule has 0 N–H and O–H groups in total. The lowest BCUT2D eigenvalue weighted by Crippen LogP contribution is -2.27. The molecule has 0 heterocycles. The maximum absolute atomic E-state index is 12.0. The minimum atomic E-state index is -0.529. The van der Waals surface area contributed by atoms with Gasteiger partial charge in [-0.2, -0.15) is 5.26 Å². The van der Waals surface area contributed by atoms with Gasteiger partial charge in [-0.1, -0.05) is 0 Å². The number of hydrogen-bond acceptors (Lipinski definition) is 4. The van der Waals surface area contributed by atoms with Crippen LogP contribution in [0.4, 0.5) is 5.69 Å². The van der Waals surface area contributed by atoms with Crippen LogP contribution in [0.15, 0.2) is 18.2 Å². The SMILES string of the molecule is Cc1cc(C(=O)N(C)CCC#N)cc([N+](=O)[O-])c1. The van der Waals surface area contributed by atoms with Crippen LogP contribution < -0.4 is 0 Å². The Kier molecular flexibility index (Phi) is 4.38. The Bertz CT molecular complexity index is 520. The summed E-state index contributed by atoms with van der Waals surface area (Å²) in [6.45, 7) is 2.00. The van der Waals surface area contributed by atoms with E-state index >= 15 is 0 Å². The van der Waals surface area contributed by atoms with Crippen molar-refractivity contribution < 1.29 is 9.72 Å². The predicted molar refractivity (Wildman–Crippen MR) is 65.0 cm³/mol. The number of nitro benzene ring substituents is 1. The van der Waals surface area contributed by atoms with Gasteiger partial charge in [-0.3, -0.25) is 14.9 Å². The van der Waals surface area contributed by atoms with Crippen LogP contribution in [0, 0.1) is 28.4 Å². The van der Waals surface area contributed by atoms with E-state index in [2.05, 4.69) is 0 Å². The third-order valence-corrected chi connectivity index (χ3v) is 2.43. The Balaban J connectivity index is 2.99. The number of aryl methyl sites for hydroxylation is 1. The van der Waals surface area contributed by atoms with Gasteiger partial charge in [0.2, 0.25) is 0 Å². The van der Waals surface area contributed by atoms with Crippen molar-refractivity contribution >= 4 is 11.6 Å². The summed E-state index contributed by atoms with van der Waals surface area (Å²) in [4.78, 5) is 23.5. The molecule has 0 aliphatic carbocycles. The maximum Gasteiger partial charge on any atom is 0.270 e. The van der Waals surface area contributed by atoms with E-state index < -0.39 is 4.92 Å². The summed E-state index contributed by atoms with van der Waals surface area (Å²) >= 11 is 0. The Labute approximate surface area is 105 Å². The zero-order valence-corrected chi connectivity index (χ0v) is 10.2. The van der Waals surface area contributed by atoms with Crippen molar-refractivity contribution in [2.24, 2.45) is 0 Å². The summed E-state index contributed by atoms with van der Waals surface area (Å²) in [6, 6.07) is 6.20. The van der Waals surface area contributed by atoms with E-state index in [-0.39, 0.29) is 23.6 Å². The van der Waals surface area contributed by atoms with Crippen molar-refractivity contribution in [1.82, 2.24) is 4.90 Å². The van der Waals surface area contributed by atoms with Crippen LogP contribution in [0.5, 0.6) is 0 Å². The normalized spacial score (nSPS) is 9.61. The molecule has 18 heavy (non-hydrogen) atoms. The van der Waals surface area contributed by atoms with Crippen LogP contribution in [0.1, 0.15) is 22.3 Å². The highest BCUT2D eigenvalue weighted by molar-refractivity contribution is 5.94. The number of non-ortho nitro benzene ring substituents is 1. The fourth-order valence-electron chi connectivity index (χ4n) is 1.53. The average molecular weight is 247 g/mol. The van der Waals surface area contributed by atoms with E-state index in [0.29, 0.717) is 12.1 Å². The lowest BCUT2D eigenvalue weighted by molar-refractivity contribution is -0.384. The van der Waals surface area contributed by atoms with Crippen molar-refractivity contribution in [3.8, 4) is 6.07 Å². The number of carbonyl (C=O) groups excluding carboxylic acids is 1. The minimum Gasteiger partial charge on any atom is -0.341 e. The summed E-state index contributed by atoms with van der Waals surface area (Å²) in [7, 11) is 1.56. The third-order valence-electron chi connectivity index (χ3n) is 2.43. The van der Waals surface area contributed by atoms with E-state index in [4.69, 9.17) is 5.26 Å². The van der Waals surface area contributed by atoms with Crippen LogP contribution in [-0.2, 0) is 0 Å². The summed E-state index contributed by atoms with van der Waals surface area (Å²) < 4.78 is 0. The number of nitro groups is 1. The Morgan fingerprint density at radius 1 is 1.50 bits per heavy atom. The second-order valence-corrected chi connectivity index (χ2v) is 3.95. The molecule has 1 aromatic carbocycles. The van der Waals surface area contributed by atoms with Crippen LogP contribution in [0.3, 0.4) is 0 Å². The molecule has 1 amide bonds. The molecule has 1 aromatic rings. The highest BCUT2D eigenvalue weighted by atomic mass is 16.6. The summed E-state index contributed by atoms with van der Waals surface area (Å²) in [5, 5.41) is 19.2. The zero-order chi connectivity index (χ0) is 13.7. The molecule has 0 bridgehead atoms. The zero-order valence-electron chi connectivity index (χ0n) is 10.2. The van der Waals surface area contributed by atoms with Gasteiger partial charge in [0.25, 0.3) is 11.6 Å². The molecular formula is C12H13N3O3. The summed E-state index contributed by atoms with van der Waals surface area (Å²) in [5.41, 5.74) is 0.815. The van der Waals surface area contributed by atoms with Crippen LogP contribution in [0.2, 0.25) is 0 Å². The maximum atomic E-state index is 12.0. The molecule has 94 valence electrons. The van der Waals surface area contributed by atoms with Gasteiger partial charge in [-0.25, -0.2) is 0 Å². The molecule has 0 saturated heterocycles. The molecule has 6 heteroatoms. The van der Waals surface area contributed by atoms with Crippen molar-refractivity contribution in [3.05, 3.63) is 39.4 Å². The second-order valence-electron chi connectivity index (χ2n) is 3.95. The molecule has 0 saturated carbocycles.